The normalized spacial score (nSPS) is 11.4. The second-order valence-electron chi connectivity index (χ2n) is 8.26. The van der Waals surface area contributed by atoms with Crippen molar-refractivity contribution < 1.29 is 9.53 Å². The van der Waals surface area contributed by atoms with E-state index in [1.165, 1.54) is 5.56 Å². The molecule has 2 nitrogen and oxygen atoms in total. The van der Waals surface area contributed by atoms with Gasteiger partial charge in [0.2, 0.25) is 0 Å². The third kappa shape index (κ3) is 6.04. The third-order valence-electron chi connectivity index (χ3n) is 4.30. The molecule has 0 N–H and O–H groups in total. The van der Waals surface area contributed by atoms with Gasteiger partial charge in [0, 0.05) is 12.8 Å². The van der Waals surface area contributed by atoms with Crippen LogP contribution < -0.4 is 4.74 Å². The molecule has 0 atom stereocenters. The topological polar surface area (TPSA) is 26.3 Å². The molecular weight excluding hydrogens is 308 g/mol. The van der Waals surface area contributed by atoms with Crippen LogP contribution in [0.15, 0.2) is 36.4 Å². The zero-order valence-corrected chi connectivity index (χ0v) is 16.4. The van der Waals surface area contributed by atoms with Crippen LogP contribution in [0.3, 0.4) is 0 Å². The van der Waals surface area contributed by atoms with Gasteiger partial charge in [0.05, 0.1) is 0 Å². The number of Topliss-reactive ketones (excluding diaryl/α,β-unsaturated/α-hetero) is 1. The standard InChI is InChI=1S/C23H30O2/c1-16-7-9-19(10-8-16)15-25-21-11-17(2)22(18(3)12-21)13-20(24)14-23(4,5)6/h7-12H,13-15H2,1-6H3. The van der Waals surface area contributed by atoms with E-state index in [0.29, 0.717) is 25.2 Å². The van der Waals surface area contributed by atoms with E-state index in [1.54, 1.807) is 0 Å². The lowest BCUT2D eigenvalue weighted by Gasteiger charge is -2.18. The van der Waals surface area contributed by atoms with E-state index in [4.69, 9.17) is 4.74 Å². The van der Waals surface area contributed by atoms with Crippen LogP contribution in [-0.2, 0) is 17.8 Å². The highest BCUT2D eigenvalue weighted by Crippen LogP contribution is 2.26. The van der Waals surface area contributed by atoms with E-state index in [0.717, 1.165) is 28.0 Å². The highest BCUT2D eigenvalue weighted by molar-refractivity contribution is 5.82. The summed E-state index contributed by atoms with van der Waals surface area (Å²) in [7, 11) is 0. The van der Waals surface area contributed by atoms with Crippen molar-refractivity contribution in [3.63, 3.8) is 0 Å². The zero-order valence-electron chi connectivity index (χ0n) is 16.4. The summed E-state index contributed by atoms with van der Waals surface area (Å²) in [5, 5.41) is 0. The molecule has 0 saturated heterocycles. The Balaban J connectivity index is 2.06. The molecule has 2 heteroatoms. The summed E-state index contributed by atoms with van der Waals surface area (Å²) >= 11 is 0. The summed E-state index contributed by atoms with van der Waals surface area (Å²) < 4.78 is 5.95. The Hall–Kier alpha value is -2.09. The molecule has 0 heterocycles. The second-order valence-corrected chi connectivity index (χ2v) is 8.26. The molecule has 134 valence electrons. The fourth-order valence-corrected chi connectivity index (χ4v) is 3.02. The van der Waals surface area contributed by atoms with E-state index in [2.05, 4.69) is 65.8 Å². The van der Waals surface area contributed by atoms with Crippen molar-refractivity contribution in [2.75, 3.05) is 0 Å². The first kappa shape index (κ1) is 19.2. The van der Waals surface area contributed by atoms with Gasteiger partial charge in [0.25, 0.3) is 0 Å². The first-order valence-corrected chi connectivity index (χ1v) is 8.94. The minimum absolute atomic E-state index is 0.0377. The van der Waals surface area contributed by atoms with Crippen LogP contribution in [0, 0.1) is 26.2 Å². The minimum atomic E-state index is 0.0377. The molecule has 2 rings (SSSR count). The fourth-order valence-electron chi connectivity index (χ4n) is 3.02. The van der Waals surface area contributed by atoms with E-state index < -0.39 is 0 Å². The number of hydrogen-bond donors (Lipinski definition) is 0. The average molecular weight is 338 g/mol. The number of aryl methyl sites for hydroxylation is 3. The summed E-state index contributed by atoms with van der Waals surface area (Å²) in [4.78, 5) is 12.3. The van der Waals surface area contributed by atoms with Crippen molar-refractivity contribution in [3.8, 4) is 5.75 Å². The van der Waals surface area contributed by atoms with E-state index in [1.807, 2.05) is 12.1 Å². The molecule has 2 aromatic rings. The molecule has 0 amide bonds. The van der Waals surface area contributed by atoms with Gasteiger partial charge in [-0.05, 0) is 60.6 Å². The number of carbonyl (C=O) groups is 1. The third-order valence-corrected chi connectivity index (χ3v) is 4.30. The Labute approximate surface area is 152 Å². The van der Waals surface area contributed by atoms with Gasteiger partial charge < -0.3 is 4.74 Å². The highest BCUT2D eigenvalue weighted by Gasteiger charge is 2.18. The van der Waals surface area contributed by atoms with Gasteiger partial charge in [0.1, 0.15) is 18.1 Å². The summed E-state index contributed by atoms with van der Waals surface area (Å²) in [5.41, 5.74) is 5.83. The molecule has 0 aliphatic heterocycles. The van der Waals surface area contributed by atoms with Crippen LogP contribution in [0.2, 0.25) is 0 Å². The van der Waals surface area contributed by atoms with Crippen molar-refractivity contribution in [2.45, 2.75) is 61.0 Å². The maximum atomic E-state index is 12.3. The van der Waals surface area contributed by atoms with Gasteiger partial charge in [-0.1, -0.05) is 50.6 Å². The summed E-state index contributed by atoms with van der Waals surface area (Å²) in [6.45, 7) is 13.1. The van der Waals surface area contributed by atoms with Gasteiger partial charge >= 0.3 is 0 Å². The number of carbonyl (C=O) groups excluding carboxylic acids is 1. The van der Waals surface area contributed by atoms with Crippen LogP contribution in [0.25, 0.3) is 0 Å². The second kappa shape index (κ2) is 7.86. The molecule has 0 saturated carbocycles. The Bertz CT molecular complexity index is 711. The van der Waals surface area contributed by atoms with E-state index >= 15 is 0 Å². The molecule has 2 aromatic carbocycles. The molecule has 25 heavy (non-hydrogen) atoms. The largest absolute Gasteiger partial charge is 0.489 e. The van der Waals surface area contributed by atoms with Gasteiger partial charge in [-0.2, -0.15) is 0 Å². The van der Waals surface area contributed by atoms with E-state index in [-0.39, 0.29) is 5.41 Å². The lowest BCUT2D eigenvalue weighted by Crippen LogP contribution is -2.15. The number of benzene rings is 2. The van der Waals surface area contributed by atoms with Crippen LogP contribution >= 0.6 is 0 Å². The van der Waals surface area contributed by atoms with Crippen molar-refractivity contribution in [1.29, 1.82) is 0 Å². The Morgan fingerprint density at radius 1 is 0.960 bits per heavy atom. The zero-order chi connectivity index (χ0) is 18.6. The van der Waals surface area contributed by atoms with Crippen molar-refractivity contribution in [3.05, 3.63) is 64.2 Å². The summed E-state index contributed by atoms with van der Waals surface area (Å²) in [5.74, 6) is 1.16. The van der Waals surface area contributed by atoms with E-state index in [9.17, 15) is 4.79 Å². The molecule has 0 spiro atoms. The SMILES string of the molecule is Cc1ccc(COc2cc(C)c(CC(=O)CC(C)(C)C)c(C)c2)cc1. The van der Waals surface area contributed by atoms with Crippen molar-refractivity contribution >= 4 is 5.78 Å². The van der Waals surface area contributed by atoms with Crippen molar-refractivity contribution in [1.82, 2.24) is 0 Å². The first-order chi connectivity index (χ1) is 11.6. The van der Waals surface area contributed by atoms with Gasteiger partial charge in [-0.25, -0.2) is 0 Å². The van der Waals surface area contributed by atoms with Crippen molar-refractivity contribution in [2.24, 2.45) is 5.41 Å². The van der Waals surface area contributed by atoms with Crippen LogP contribution in [0.5, 0.6) is 5.75 Å². The summed E-state index contributed by atoms with van der Waals surface area (Å²) in [6, 6.07) is 12.5. The summed E-state index contributed by atoms with van der Waals surface area (Å²) in [6.07, 6.45) is 1.12. The lowest BCUT2D eigenvalue weighted by molar-refractivity contribution is -0.120. The smallest absolute Gasteiger partial charge is 0.137 e. The Morgan fingerprint density at radius 2 is 1.52 bits per heavy atom. The van der Waals surface area contributed by atoms with Gasteiger partial charge in [-0.15, -0.1) is 0 Å². The van der Waals surface area contributed by atoms with Crippen LogP contribution in [-0.4, -0.2) is 5.78 Å². The predicted octanol–water partition coefficient (Wildman–Crippen LogP) is 5.74. The quantitative estimate of drug-likeness (QED) is 0.671. The van der Waals surface area contributed by atoms with Crippen LogP contribution in [0.1, 0.15) is 55.0 Å². The Kier molecular flexibility index (Phi) is 6.05. The molecule has 0 bridgehead atoms. The molecule has 0 fully saturated rings. The predicted molar refractivity (Wildman–Crippen MR) is 104 cm³/mol. The maximum absolute atomic E-state index is 12.3. The molecule has 0 aliphatic rings. The van der Waals surface area contributed by atoms with Gasteiger partial charge in [-0.3, -0.25) is 4.79 Å². The van der Waals surface area contributed by atoms with Gasteiger partial charge in [0.15, 0.2) is 0 Å². The highest BCUT2D eigenvalue weighted by atomic mass is 16.5. The van der Waals surface area contributed by atoms with Crippen LogP contribution in [0.4, 0.5) is 0 Å². The number of ketones is 1. The number of hydrogen-bond acceptors (Lipinski definition) is 2. The Morgan fingerprint density at radius 3 is 2.04 bits per heavy atom. The first-order valence-electron chi connectivity index (χ1n) is 8.94. The maximum Gasteiger partial charge on any atom is 0.137 e. The lowest BCUT2D eigenvalue weighted by atomic mass is 9.87. The molecule has 0 aliphatic carbocycles. The average Bonchev–Trinajstić information content (AvgIpc) is 2.48. The molecular formula is C23H30O2. The monoisotopic (exact) mass is 338 g/mol. The number of rotatable bonds is 6. The molecule has 0 aromatic heterocycles. The number of ether oxygens (including phenoxy) is 1. The fraction of sp³-hybridized carbons (Fsp3) is 0.435. The molecule has 0 unspecified atom stereocenters. The minimum Gasteiger partial charge on any atom is -0.489 e. The molecule has 0 radical (unpaired) electrons.